The largest absolute Gasteiger partial charge is 0.491 e. The number of halogens is 2. The van der Waals surface area contributed by atoms with E-state index in [1.165, 1.54) is 12.1 Å². The van der Waals surface area contributed by atoms with Crippen molar-refractivity contribution >= 4 is 41.8 Å². The summed E-state index contributed by atoms with van der Waals surface area (Å²) in [5.41, 5.74) is 0.137. The molecule has 7 heteroatoms. The Morgan fingerprint density at radius 2 is 1.88 bits per heavy atom. The molecule has 0 amide bonds. The Balaban J connectivity index is 3.14. The van der Waals surface area contributed by atoms with Crippen molar-refractivity contribution < 1.29 is 19.6 Å². The topological polar surface area (TPSA) is 66.8 Å². The number of esters is 1. The normalized spacial score (nSPS) is 10.1. The quantitative estimate of drug-likeness (QED) is 0.626. The summed E-state index contributed by atoms with van der Waals surface area (Å²) in [4.78, 5) is 11.4. The maximum absolute atomic E-state index is 11.4. The van der Waals surface area contributed by atoms with Gasteiger partial charge in [0.1, 0.15) is 0 Å². The molecule has 0 aliphatic carbocycles. The smallest absolute Gasteiger partial charge is 0.462 e. The minimum Gasteiger partial charge on any atom is -0.462 e. The second-order valence-corrected chi connectivity index (χ2v) is 3.76. The van der Waals surface area contributed by atoms with Gasteiger partial charge >= 0.3 is 13.1 Å². The van der Waals surface area contributed by atoms with Crippen LogP contribution in [0.4, 0.5) is 0 Å². The van der Waals surface area contributed by atoms with Crippen molar-refractivity contribution in [1.29, 1.82) is 0 Å². The summed E-state index contributed by atoms with van der Waals surface area (Å²) in [5.74, 6) is -0.565. The zero-order chi connectivity index (χ0) is 12.3. The van der Waals surface area contributed by atoms with Gasteiger partial charge in [-0.1, -0.05) is 23.2 Å². The maximum Gasteiger partial charge on any atom is 0.491 e. The van der Waals surface area contributed by atoms with E-state index in [-0.39, 0.29) is 27.7 Å². The summed E-state index contributed by atoms with van der Waals surface area (Å²) in [6, 6.07) is 2.56. The van der Waals surface area contributed by atoms with Crippen molar-refractivity contribution in [2.24, 2.45) is 0 Å². The average Bonchev–Trinajstić information content (AvgIpc) is 2.16. The number of carbonyl (C=O) groups is 1. The van der Waals surface area contributed by atoms with Gasteiger partial charge < -0.3 is 14.8 Å². The zero-order valence-corrected chi connectivity index (χ0v) is 9.92. The second kappa shape index (κ2) is 5.54. The molecule has 0 aliphatic heterocycles. The molecular weight excluding hydrogens is 254 g/mol. The third-order valence-corrected chi connectivity index (χ3v) is 2.47. The summed E-state index contributed by atoms with van der Waals surface area (Å²) in [6.45, 7) is 1.91. The van der Waals surface area contributed by atoms with Gasteiger partial charge in [-0.05, 0) is 19.1 Å². The molecule has 0 bridgehead atoms. The molecule has 0 unspecified atom stereocenters. The van der Waals surface area contributed by atoms with E-state index in [0.717, 1.165) is 0 Å². The van der Waals surface area contributed by atoms with Gasteiger partial charge in [0.2, 0.25) is 0 Å². The molecule has 0 aliphatic rings. The number of benzene rings is 1. The highest BCUT2D eigenvalue weighted by Crippen LogP contribution is 2.18. The first-order valence-corrected chi connectivity index (χ1v) is 5.25. The fraction of sp³-hybridized carbons (Fsp3) is 0.222. The molecule has 86 valence electrons. The molecule has 0 saturated carbocycles. The lowest BCUT2D eigenvalue weighted by atomic mass is 9.80. The predicted octanol–water partition coefficient (Wildman–Crippen LogP) is 0.850. The van der Waals surface area contributed by atoms with Gasteiger partial charge in [-0.2, -0.15) is 0 Å². The van der Waals surface area contributed by atoms with Crippen molar-refractivity contribution in [2.75, 3.05) is 6.61 Å². The van der Waals surface area contributed by atoms with Crippen LogP contribution in [-0.4, -0.2) is 29.7 Å². The number of hydrogen-bond acceptors (Lipinski definition) is 4. The van der Waals surface area contributed by atoms with E-state index in [1.54, 1.807) is 6.92 Å². The molecule has 0 spiro atoms. The van der Waals surface area contributed by atoms with E-state index in [9.17, 15) is 4.79 Å². The Kier molecular flexibility index (Phi) is 4.62. The lowest BCUT2D eigenvalue weighted by Crippen LogP contribution is -2.32. The fourth-order valence-corrected chi connectivity index (χ4v) is 1.85. The number of carbonyl (C=O) groups excluding carboxylic acids is 1. The Morgan fingerprint density at radius 1 is 1.38 bits per heavy atom. The molecule has 0 fully saturated rings. The summed E-state index contributed by atoms with van der Waals surface area (Å²) in [6.07, 6.45) is 0. The van der Waals surface area contributed by atoms with Crippen LogP contribution >= 0.6 is 23.2 Å². The second-order valence-electron chi connectivity index (χ2n) is 2.95. The van der Waals surface area contributed by atoms with Crippen LogP contribution in [0.25, 0.3) is 0 Å². The Hall–Kier alpha value is -0.745. The molecule has 1 aromatic carbocycles. The van der Waals surface area contributed by atoms with E-state index >= 15 is 0 Å². The van der Waals surface area contributed by atoms with E-state index in [4.69, 9.17) is 38.0 Å². The van der Waals surface area contributed by atoms with Gasteiger partial charge in [-0.25, -0.2) is 4.79 Å². The van der Waals surface area contributed by atoms with Crippen molar-refractivity contribution in [3.8, 4) is 0 Å². The first-order chi connectivity index (χ1) is 7.47. The van der Waals surface area contributed by atoms with Crippen molar-refractivity contribution in [2.45, 2.75) is 6.92 Å². The van der Waals surface area contributed by atoms with Crippen LogP contribution < -0.4 is 5.46 Å². The molecule has 1 aromatic rings. The van der Waals surface area contributed by atoms with Crippen molar-refractivity contribution in [1.82, 2.24) is 0 Å². The number of ether oxygens (including phenoxy) is 1. The predicted molar refractivity (Wildman–Crippen MR) is 62.2 cm³/mol. The third kappa shape index (κ3) is 2.89. The van der Waals surface area contributed by atoms with Gasteiger partial charge in [0, 0.05) is 15.5 Å². The molecule has 1 rings (SSSR count). The van der Waals surface area contributed by atoms with Gasteiger partial charge in [-0.15, -0.1) is 0 Å². The standard InChI is InChI=1S/C9H9BCl2O4/c1-2-16-9(13)5-3-6(11)8(10(14)15)7(12)4-5/h3-4,14-15H,2H2,1H3. The lowest BCUT2D eigenvalue weighted by molar-refractivity contribution is 0.0526. The van der Waals surface area contributed by atoms with Crippen LogP contribution in [0.5, 0.6) is 0 Å². The Bertz CT molecular complexity index is 385. The lowest BCUT2D eigenvalue weighted by Gasteiger charge is -2.08. The Labute approximate surface area is 103 Å². The highest BCUT2D eigenvalue weighted by atomic mass is 35.5. The van der Waals surface area contributed by atoms with Gasteiger partial charge in [0.15, 0.2) is 0 Å². The first-order valence-electron chi connectivity index (χ1n) is 4.49. The molecule has 0 aromatic heterocycles. The summed E-state index contributed by atoms with van der Waals surface area (Å²) >= 11 is 11.5. The fourth-order valence-electron chi connectivity index (χ4n) is 1.16. The molecule has 16 heavy (non-hydrogen) atoms. The summed E-state index contributed by atoms with van der Waals surface area (Å²) in [5, 5.41) is 18.0. The first kappa shape index (κ1) is 13.3. The van der Waals surface area contributed by atoms with Crippen LogP contribution in [0.15, 0.2) is 12.1 Å². The van der Waals surface area contributed by atoms with E-state index < -0.39 is 13.1 Å². The highest BCUT2D eigenvalue weighted by molar-refractivity contribution is 6.66. The third-order valence-electron chi connectivity index (χ3n) is 1.85. The SMILES string of the molecule is CCOC(=O)c1cc(Cl)c(B(O)O)c(Cl)c1. The van der Waals surface area contributed by atoms with Crippen LogP contribution in [-0.2, 0) is 4.74 Å². The summed E-state index contributed by atoms with van der Waals surface area (Å²) in [7, 11) is -1.78. The zero-order valence-electron chi connectivity index (χ0n) is 8.41. The van der Waals surface area contributed by atoms with Crippen LogP contribution in [0.2, 0.25) is 10.0 Å². The molecule has 2 N–H and O–H groups in total. The molecule has 0 atom stereocenters. The van der Waals surface area contributed by atoms with E-state index in [2.05, 4.69) is 0 Å². The highest BCUT2D eigenvalue weighted by Gasteiger charge is 2.21. The van der Waals surface area contributed by atoms with Crippen LogP contribution in [0.1, 0.15) is 17.3 Å². The monoisotopic (exact) mass is 262 g/mol. The molecule has 0 radical (unpaired) electrons. The minimum atomic E-state index is -1.78. The van der Waals surface area contributed by atoms with Crippen LogP contribution in [0, 0.1) is 0 Å². The van der Waals surface area contributed by atoms with Crippen LogP contribution in [0.3, 0.4) is 0 Å². The van der Waals surface area contributed by atoms with Gasteiger partial charge in [-0.3, -0.25) is 0 Å². The Morgan fingerprint density at radius 3 is 2.25 bits per heavy atom. The summed E-state index contributed by atoms with van der Waals surface area (Å²) < 4.78 is 4.76. The number of rotatable bonds is 3. The van der Waals surface area contributed by atoms with E-state index in [0.29, 0.717) is 0 Å². The molecule has 0 heterocycles. The molecular formula is C9H9BCl2O4. The van der Waals surface area contributed by atoms with Crippen molar-refractivity contribution in [3.63, 3.8) is 0 Å². The maximum atomic E-state index is 11.4. The molecule has 4 nitrogen and oxygen atoms in total. The number of hydrogen-bond donors (Lipinski definition) is 2. The van der Waals surface area contributed by atoms with E-state index in [1.807, 2.05) is 0 Å². The molecule has 0 saturated heterocycles. The van der Waals surface area contributed by atoms with Gasteiger partial charge in [0.25, 0.3) is 0 Å². The van der Waals surface area contributed by atoms with Crippen molar-refractivity contribution in [3.05, 3.63) is 27.7 Å². The minimum absolute atomic E-state index is 0.00514. The average molecular weight is 263 g/mol. The van der Waals surface area contributed by atoms with Gasteiger partial charge in [0.05, 0.1) is 12.2 Å².